The molecule has 0 saturated carbocycles. The third-order valence-electron chi connectivity index (χ3n) is 2.26. The first-order valence-corrected chi connectivity index (χ1v) is 4.84. The molecule has 0 N–H and O–H groups in total. The highest BCUT2D eigenvalue weighted by molar-refractivity contribution is 5.20. The number of nitrogens with zero attached hydrogens (tertiary/aromatic N) is 1. The van der Waals surface area contributed by atoms with Crippen LogP contribution in [0, 0.1) is 6.92 Å². The number of aromatic nitrogens is 1. The van der Waals surface area contributed by atoms with E-state index in [1.807, 2.05) is 18.2 Å². The van der Waals surface area contributed by atoms with E-state index >= 15 is 0 Å². The zero-order valence-corrected chi connectivity index (χ0v) is 9.48. The predicted octanol–water partition coefficient (Wildman–Crippen LogP) is -0.665. The van der Waals surface area contributed by atoms with E-state index < -0.39 is 0 Å². The van der Waals surface area contributed by atoms with Crippen LogP contribution >= 0.6 is 0 Å². The van der Waals surface area contributed by atoms with Crippen molar-refractivity contribution in [2.24, 2.45) is 0 Å². The van der Waals surface area contributed by atoms with Crippen molar-refractivity contribution in [1.82, 2.24) is 0 Å². The molecule has 0 atom stereocenters. The van der Waals surface area contributed by atoms with Gasteiger partial charge in [-0.15, -0.1) is 0 Å². The molecule has 0 saturated heterocycles. The molecular weight excluding hydrogens is 206 g/mol. The first-order chi connectivity index (χ1) is 6.84. The molecule has 15 heavy (non-hydrogen) atoms. The summed E-state index contributed by atoms with van der Waals surface area (Å²) < 4.78 is 2.17. The second-order valence-corrected chi connectivity index (χ2v) is 3.53. The van der Waals surface area contributed by atoms with Gasteiger partial charge in [-0.2, -0.15) is 0 Å². The molecule has 2 rings (SSSR count). The first kappa shape index (κ1) is 11.7. The maximum Gasteiger partial charge on any atom is 0.173 e. The van der Waals surface area contributed by atoms with E-state index in [1.165, 1.54) is 11.1 Å². The maximum atomic E-state index is 2.18. The second kappa shape index (κ2) is 5.52. The lowest BCUT2D eigenvalue weighted by Crippen LogP contribution is -3.00. The quantitative estimate of drug-likeness (QED) is 0.591. The van der Waals surface area contributed by atoms with Gasteiger partial charge < -0.3 is 12.4 Å². The highest BCUT2D eigenvalue weighted by atomic mass is 35.5. The van der Waals surface area contributed by atoms with Gasteiger partial charge in [0, 0.05) is 17.7 Å². The number of hydrogen-bond acceptors (Lipinski definition) is 0. The SMILES string of the molecule is Cc1ccc(C[n+]2ccccc2)cc1.[Cl-]. The molecule has 2 heteroatoms. The number of halogens is 1. The molecule has 0 aliphatic heterocycles. The number of benzene rings is 1. The molecule has 0 spiro atoms. The van der Waals surface area contributed by atoms with Crippen LogP contribution < -0.4 is 17.0 Å². The Kier molecular flexibility index (Phi) is 4.32. The minimum atomic E-state index is 0. The van der Waals surface area contributed by atoms with Gasteiger partial charge in [0.05, 0.1) is 0 Å². The van der Waals surface area contributed by atoms with Crippen molar-refractivity contribution >= 4 is 0 Å². The lowest BCUT2D eigenvalue weighted by molar-refractivity contribution is -0.688. The van der Waals surface area contributed by atoms with Crippen LogP contribution in [0.4, 0.5) is 0 Å². The summed E-state index contributed by atoms with van der Waals surface area (Å²) in [5.74, 6) is 0. The van der Waals surface area contributed by atoms with Crippen molar-refractivity contribution in [3.8, 4) is 0 Å². The van der Waals surface area contributed by atoms with Crippen LogP contribution in [-0.4, -0.2) is 0 Å². The fraction of sp³-hybridized carbons (Fsp3) is 0.154. The monoisotopic (exact) mass is 219 g/mol. The molecule has 78 valence electrons. The van der Waals surface area contributed by atoms with E-state index in [4.69, 9.17) is 0 Å². The Morgan fingerprint density at radius 3 is 2.13 bits per heavy atom. The molecule has 2 aromatic rings. The summed E-state index contributed by atoms with van der Waals surface area (Å²) in [5.41, 5.74) is 2.65. The van der Waals surface area contributed by atoms with Gasteiger partial charge >= 0.3 is 0 Å². The van der Waals surface area contributed by atoms with E-state index in [2.05, 4.69) is 48.1 Å². The van der Waals surface area contributed by atoms with Crippen LogP contribution in [0.3, 0.4) is 0 Å². The standard InChI is InChI=1S/C13H14N.ClH/c1-12-5-7-13(8-6-12)11-14-9-3-2-4-10-14;/h2-10H,11H2,1H3;1H/q+1;/p-1. The van der Waals surface area contributed by atoms with Crippen LogP contribution in [0.15, 0.2) is 54.9 Å². The highest BCUT2D eigenvalue weighted by Crippen LogP contribution is 2.02. The molecule has 0 radical (unpaired) electrons. The normalized spacial score (nSPS) is 9.40. The Hall–Kier alpha value is -1.34. The molecule has 0 amide bonds. The van der Waals surface area contributed by atoms with Gasteiger partial charge in [-0.25, -0.2) is 4.57 Å². The average Bonchev–Trinajstić information content (AvgIpc) is 2.23. The lowest BCUT2D eigenvalue weighted by Gasteiger charge is -1.97. The Balaban J connectivity index is 0.00000112. The van der Waals surface area contributed by atoms with Gasteiger partial charge in [0.2, 0.25) is 0 Å². The van der Waals surface area contributed by atoms with Crippen molar-refractivity contribution in [1.29, 1.82) is 0 Å². The molecule has 0 aliphatic carbocycles. The average molecular weight is 220 g/mol. The zero-order chi connectivity index (χ0) is 9.80. The van der Waals surface area contributed by atoms with Crippen molar-refractivity contribution in [3.05, 3.63) is 66.0 Å². The summed E-state index contributed by atoms with van der Waals surface area (Å²) in [6, 6.07) is 14.8. The smallest absolute Gasteiger partial charge is 0.173 e. The van der Waals surface area contributed by atoms with Crippen LogP contribution in [-0.2, 0) is 6.54 Å². The van der Waals surface area contributed by atoms with E-state index in [9.17, 15) is 0 Å². The molecule has 1 aromatic heterocycles. The highest BCUT2D eigenvalue weighted by Gasteiger charge is 1.99. The zero-order valence-electron chi connectivity index (χ0n) is 8.73. The van der Waals surface area contributed by atoms with Gasteiger partial charge in [0.25, 0.3) is 0 Å². The number of rotatable bonds is 2. The number of aryl methyl sites for hydroxylation is 1. The summed E-state index contributed by atoms with van der Waals surface area (Å²) in [6.45, 7) is 3.06. The third kappa shape index (κ3) is 3.37. The number of hydrogen-bond donors (Lipinski definition) is 0. The van der Waals surface area contributed by atoms with Gasteiger partial charge in [-0.05, 0) is 6.92 Å². The summed E-state index contributed by atoms with van der Waals surface area (Å²) >= 11 is 0. The lowest BCUT2D eigenvalue weighted by atomic mass is 10.1. The molecule has 1 heterocycles. The predicted molar refractivity (Wildman–Crippen MR) is 56.9 cm³/mol. The number of pyridine rings is 1. The molecule has 0 unspecified atom stereocenters. The molecule has 1 nitrogen and oxygen atoms in total. The Morgan fingerprint density at radius 1 is 0.933 bits per heavy atom. The fourth-order valence-corrected chi connectivity index (χ4v) is 1.44. The van der Waals surface area contributed by atoms with E-state index in [0.717, 1.165) is 6.54 Å². The Bertz CT molecular complexity index is 395. The molecule has 0 bridgehead atoms. The maximum absolute atomic E-state index is 2.18. The van der Waals surface area contributed by atoms with Crippen LogP contribution in [0.5, 0.6) is 0 Å². The van der Waals surface area contributed by atoms with Crippen molar-refractivity contribution in [3.63, 3.8) is 0 Å². The molecule has 0 aliphatic rings. The summed E-state index contributed by atoms with van der Waals surface area (Å²) in [4.78, 5) is 0. The van der Waals surface area contributed by atoms with Crippen LogP contribution in [0.1, 0.15) is 11.1 Å². The van der Waals surface area contributed by atoms with Crippen molar-refractivity contribution in [2.45, 2.75) is 13.5 Å². The van der Waals surface area contributed by atoms with Crippen LogP contribution in [0.2, 0.25) is 0 Å². The minimum Gasteiger partial charge on any atom is -1.00 e. The van der Waals surface area contributed by atoms with Gasteiger partial charge in [-0.3, -0.25) is 0 Å². The summed E-state index contributed by atoms with van der Waals surface area (Å²) in [7, 11) is 0. The molecule has 0 fully saturated rings. The fourth-order valence-electron chi connectivity index (χ4n) is 1.44. The molecule has 1 aromatic carbocycles. The van der Waals surface area contributed by atoms with Gasteiger partial charge in [-0.1, -0.05) is 35.9 Å². The topological polar surface area (TPSA) is 3.88 Å². The first-order valence-electron chi connectivity index (χ1n) is 4.84. The largest absolute Gasteiger partial charge is 1.00 e. The summed E-state index contributed by atoms with van der Waals surface area (Å²) in [6.07, 6.45) is 4.17. The Morgan fingerprint density at radius 2 is 1.53 bits per heavy atom. The van der Waals surface area contributed by atoms with Crippen molar-refractivity contribution < 1.29 is 17.0 Å². The van der Waals surface area contributed by atoms with E-state index in [-0.39, 0.29) is 12.4 Å². The van der Waals surface area contributed by atoms with Crippen LogP contribution in [0.25, 0.3) is 0 Å². The van der Waals surface area contributed by atoms with Crippen molar-refractivity contribution in [2.75, 3.05) is 0 Å². The van der Waals surface area contributed by atoms with E-state index in [0.29, 0.717) is 0 Å². The van der Waals surface area contributed by atoms with Gasteiger partial charge in [0.1, 0.15) is 0 Å². The Labute approximate surface area is 96.8 Å². The minimum absolute atomic E-state index is 0. The van der Waals surface area contributed by atoms with E-state index in [1.54, 1.807) is 0 Å². The summed E-state index contributed by atoms with van der Waals surface area (Å²) in [5, 5.41) is 0. The second-order valence-electron chi connectivity index (χ2n) is 3.53. The third-order valence-corrected chi connectivity index (χ3v) is 2.26. The molecular formula is C13H14ClN. The van der Waals surface area contributed by atoms with Gasteiger partial charge in [0.15, 0.2) is 18.9 Å².